The lowest BCUT2D eigenvalue weighted by molar-refractivity contribution is -0.118. The van der Waals surface area contributed by atoms with Crippen molar-refractivity contribution in [3.8, 4) is 0 Å². The van der Waals surface area contributed by atoms with E-state index in [4.69, 9.17) is 0 Å². The van der Waals surface area contributed by atoms with Crippen LogP contribution in [0, 0.1) is 22.2 Å². The minimum Gasteiger partial charge on any atom is -0.295 e. The Morgan fingerprint density at radius 3 is 2.65 bits per heavy atom. The average Bonchev–Trinajstić information content (AvgIpc) is 2.77. The second kappa shape index (κ2) is 3.05. The van der Waals surface area contributed by atoms with Gasteiger partial charge in [-0.3, -0.25) is 4.79 Å². The van der Waals surface area contributed by atoms with Gasteiger partial charge in [0, 0.05) is 6.42 Å². The molecule has 2 fully saturated rings. The Kier molecular flexibility index (Phi) is 2.06. The first kappa shape index (κ1) is 11.5. The molecule has 0 unspecified atom stereocenters. The second-order valence-corrected chi connectivity index (χ2v) is 7.66. The zero-order valence-electron chi connectivity index (χ0n) is 11.6. The summed E-state index contributed by atoms with van der Waals surface area (Å²) in [4.78, 5) is 12.1. The van der Waals surface area contributed by atoms with Gasteiger partial charge in [-0.15, -0.1) is 0 Å². The van der Waals surface area contributed by atoms with Crippen molar-refractivity contribution in [3.63, 3.8) is 0 Å². The fourth-order valence-electron chi connectivity index (χ4n) is 4.85. The van der Waals surface area contributed by atoms with Crippen LogP contribution >= 0.6 is 0 Å². The van der Waals surface area contributed by atoms with Crippen LogP contribution in [0.1, 0.15) is 59.8 Å². The Labute approximate surface area is 105 Å². The van der Waals surface area contributed by atoms with E-state index in [1.165, 1.54) is 25.7 Å². The van der Waals surface area contributed by atoms with Crippen molar-refractivity contribution in [1.29, 1.82) is 0 Å². The molecule has 0 N–H and O–H groups in total. The van der Waals surface area contributed by atoms with Gasteiger partial charge in [-0.2, -0.15) is 0 Å². The van der Waals surface area contributed by atoms with Crippen LogP contribution in [0.3, 0.4) is 0 Å². The number of carbonyl (C=O) groups excluding carboxylic acids is 1. The van der Waals surface area contributed by atoms with E-state index in [2.05, 4.69) is 26.8 Å². The van der Waals surface area contributed by atoms with Gasteiger partial charge in [0.1, 0.15) is 0 Å². The summed E-state index contributed by atoms with van der Waals surface area (Å²) in [7, 11) is 0. The van der Waals surface area contributed by atoms with Crippen molar-refractivity contribution >= 4 is 5.78 Å². The topological polar surface area (TPSA) is 17.1 Å². The molecule has 0 radical (unpaired) electrons. The molecule has 94 valence electrons. The summed E-state index contributed by atoms with van der Waals surface area (Å²) in [5, 5.41) is 0. The van der Waals surface area contributed by atoms with Crippen molar-refractivity contribution in [2.75, 3.05) is 0 Å². The molecule has 0 aromatic heterocycles. The SMILES string of the molecule is CC1=C[C@@H]2C(C)(C)CCC[C@@]3(C)C[C@@]23CC1=O. The molecule has 1 spiro atoms. The lowest BCUT2D eigenvalue weighted by atomic mass is 9.62. The number of carbonyl (C=O) groups is 1. The number of hydrogen-bond donors (Lipinski definition) is 0. The lowest BCUT2D eigenvalue weighted by Gasteiger charge is -2.41. The van der Waals surface area contributed by atoms with E-state index in [9.17, 15) is 4.79 Å². The molecule has 0 aliphatic heterocycles. The fraction of sp³-hybridized carbons (Fsp3) is 0.812. The summed E-state index contributed by atoms with van der Waals surface area (Å²) in [6.45, 7) is 9.24. The summed E-state index contributed by atoms with van der Waals surface area (Å²) in [5.74, 6) is 1.03. The van der Waals surface area contributed by atoms with Crippen LogP contribution < -0.4 is 0 Å². The van der Waals surface area contributed by atoms with Gasteiger partial charge in [0.25, 0.3) is 0 Å². The molecule has 2 saturated carbocycles. The molecule has 1 nitrogen and oxygen atoms in total. The predicted octanol–water partition coefficient (Wildman–Crippen LogP) is 4.13. The van der Waals surface area contributed by atoms with Crippen molar-refractivity contribution < 1.29 is 4.79 Å². The highest BCUT2D eigenvalue weighted by molar-refractivity contribution is 5.96. The van der Waals surface area contributed by atoms with E-state index in [-0.39, 0.29) is 0 Å². The van der Waals surface area contributed by atoms with Gasteiger partial charge in [0.05, 0.1) is 0 Å². The van der Waals surface area contributed by atoms with Crippen molar-refractivity contribution in [2.24, 2.45) is 22.2 Å². The lowest BCUT2D eigenvalue weighted by Crippen LogP contribution is -2.36. The smallest absolute Gasteiger partial charge is 0.158 e. The van der Waals surface area contributed by atoms with Gasteiger partial charge in [0.2, 0.25) is 0 Å². The van der Waals surface area contributed by atoms with E-state index < -0.39 is 0 Å². The molecule has 17 heavy (non-hydrogen) atoms. The van der Waals surface area contributed by atoms with Gasteiger partial charge in [-0.1, -0.05) is 33.3 Å². The van der Waals surface area contributed by atoms with Crippen LogP contribution in [-0.2, 0) is 4.79 Å². The van der Waals surface area contributed by atoms with Gasteiger partial charge in [0.15, 0.2) is 5.78 Å². The summed E-state index contributed by atoms with van der Waals surface area (Å²) < 4.78 is 0. The van der Waals surface area contributed by atoms with Gasteiger partial charge in [-0.25, -0.2) is 0 Å². The first-order chi connectivity index (χ1) is 7.81. The largest absolute Gasteiger partial charge is 0.295 e. The maximum absolute atomic E-state index is 12.1. The summed E-state index contributed by atoms with van der Waals surface area (Å²) in [6.07, 6.45) is 8.40. The molecule has 0 heterocycles. The number of rotatable bonds is 0. The first-order valence-electron chi connectivity index (χ1n) is 7.02. The van der Waals surface area contributed by atoms with Gasteiger partial charge >= 0.3 is 0 Å². The Morgan fingerprint density at radius 1 is 1.24 bits per heavy atom. The van der Waals surface area contributed by atoms with E-state index in [0.717, 1.165) is 12.0 Å². The number of hydrogen-bond acceptors (Lipinski definition) is 1. The van der Waals surface area contributed by atoms with Crippen molar-refractivity contribution in [3.05, 3.63) is 11.6 Å². The number of allylic oxidation sites excluding steroid dienone is 2. The van der Waals surface area contributed by atoms with Crippen LogP contribution in [0.2, 0.25) is 0 Å². The number of Topliss-reactive ketones (excluding diaryl/α,β-unsaturated/α-hetero) is 1. The second-order valence-electron chi connectivity index (χ2n) is 7.66. The quantitative estimate of drug-likeness (QED) is 0.614. The molecule has 3 aliphatic rings. The molecule has 0 amide bonds. The summed E-state index contributed by atoms with van der Waals surface area (Å²) in [5.41, 5.74) is 2.17. The van der Waals surface area contributed by atoms with E-state index >= 15 is 0 Å². The monoisotopic (exact) mass is 232 g/mol. The van der Waals surface area contributed by atoms with Crippen LogP contribution in [0.15, 0.2) is 11.6 Å². The fourth-order valence-corrected chi connectivity index (χ4v) is 4.85. The minimum atomic E-state index is 0.323. The Morgan fingerprint density at radius 2 is 1.94 bits per heavy atom. The Bertz CT molecular complexity index is 417. The van der Waals surface area contributed by atoms with Crippen molar-refractivity contribution in [1.82, 2.24) is 0 Å². The molecule has 3 atom stereocenters. The summed E-state index contributed by atoms with van der Waals surface area (Å²) >= 11 is 0. The summed E-state index contributed by atoms with van der Waals surface area (Å²) in [6, 6.07) is 0. The van der Waals surface area contributed by atoms with E-state index in [1.54, 1.807) is 0 Å². The van der Waals surface area contributed by atoms with Gasteiger partial charge in [-0.05, 0) is 53.9 Å². The first-order valence-corrected chi connectivity index (χ1v) is 7.02. The van der Waals surface area contributed by atoms with Crippen molar-refractivity contribution in [2.45, 2.75) is 59.8 Å². The third kappa shape index (κ3) is 1.34. The molecule has 0 bridgehead atoms. The van der Waals surface area contributed by atoms with E-state index in [0.29, 0.717) is 27.9 Å². The highest BCUT2D eigenvalue weighted by atomic mass is 16.1. The number of ketones is 1. The van der Waals surface area contributed by atoms with Gasteiger partial charge < -0.3 is 0 Å². The van der Waals surface area contributed by atoms with E-state index in [1.807, 2.05) is 6.92 Å². The Balaban J connectivity index is 2.10. The zero-order valence-corrected chi connectivity index (χ0v) is 11.6. The maximum atomic E-state index is 12.1. The third-order valence-corrected chi connectivity index (χ3v) is 6.10. The molecule has 0 aromatic carbocycles. The molecular formula is C16H24O. The zero-order chi connectivity index (χ0) is 12.5. The van der Waals surface area contributed by atoms with Crippen LogP contribution in [0.5, 0.6) is 0 Å². The molecule has 0 aromatic rings. The molecule has 3 rings (SSSR count). The maximum Gasteiger partial charge on any atom is 0.158 e. The molecule has 0 saturated heterocycles. The van der Waals surface area contributed by atoms with Crippen LogP contribution in [0.25, 0.3) is 0 Å². The highest BCUT2D eigenvalue weighted by Crippen LogP contribution is 2.77. The predicted molar refractivity (Wildman–Crippen MR) is 69.7 cm³/mol. The van der Waals surface area contributed by atoms with Crippen LogP contribution in [-0.4, -0.2) is 5.78 Å². The molecule has 1 heteroatoms. The highest BCUT2D eigenvalue weighted by Gasteiger charge is 2.70. The van der Waals surface area contributed by atoms with Crippen LogP contribution in [0.4, 0.5) is 0 Å². The minimum absolute atomic E-state index is 0.323. The Hall–Kier alpha value is -0.590. The third-order valence-electron chi connectivity index (χ3n) is 6.10. The molecular weight excluding hydrogens is 208 g/mol. The standard InChI is InChI=1S/C16H24O/c1-11-8-13-14(2,3)6-5-7-15(4)10-16(13,15)9-12(11)17/h8,13H,5-7,9-10H2,1-4H3/t13-,15+,16+/m1/s1. The normalized spacial score (nSPS) is 47.6. The average molecular weight is 232 g/mol. The molecule has 3 aliphatic carbocycles.